The van der Waals surface area contributed by atoms with Crippen molar-refractivity contribution in [1.29, 1.82) is 0 Å². The van der Waals surface area contributed by atoms with Crippen molar-refractivity contribution in [2.45, 2.75) is 45.3 Å². The van der Waals surface area contributed by atoms with Gasteiger partial charge in [0.15, 0.2) is 11.5 Å². The number of amides is 1. The van der Waals surface area contributed by atoms with Gasteiger partial charge in [-0.15, -0.1) is 0 Å². The summed E-state index contributed by atoms with van der Waals surface area (Å²) in [4.78, 5) is 15.2. The van der Waals surface area contributed by atoms with Crippen LogP contribution in [0.1, 0.15) is 43.5 Å². The first kappa shape index (κ1) is 22.7. The number of hydrogen-bond donors (Lipinski definition) is 4. The summed E-state index contributed by atoms with van der Waals surface area (Å²) in [6.07, 6.45) is 1.79. The zero-order valence-electron chi connectivity index (χ0n) is 18.0. The van der Waals surface area contributed by atoms with Crippen molar-refractivity contribution < 1.29 is 24.5 Å². The lowest BCUT2D eigenvalue weighted by molar-refractivity contribution is 0.0201. The van der Waals surface area contributed by atoms with Crippen LogP contribution >= 0.6 is 0 Å². The zero-order valence-corrected chi connectivity index (χ0v) is 18.0. The standard InChI is InChI=1S/C22H35N3O5/c1-15(2)24-17-11-18(21-20(12-17)29-9-4-10-30-21)22(28)23-13-16-5-7-25(6-3-8-26)14-19(16)27/h11-12,15-16,19,24,26-27H,3-10,13-14H2,1-2H3,(H,23,28)/t16-,19+/m0/s1. The van der Waals surface area contributed by atoms with Crippen LogP contribution < -0.4 is 20.1 Å². The van der Waals surface area contributed by atoms with Gasteiger partial charge in [-0.05, 0) is 39.3 Å². The number of aliphatic hydroxyl groups excluding tert-OH is 2. The van der Waals surface area contributed by atoms with Gasteiger partial charge in [-0.1, -0.05) is 0 Å². The molecular formula is C22H35N3O5. The highest BCUT2D eigenvalue weighted by atomic mass is 16.5. The topological polar surface area (TPSA) is 103 Å². The number of hydrogen-bond acceptors (Lipinski definition) is 7. The van der Waals surface area contributed by atoms with Crippen LogP contribution in [-0.4, -0.2) is 79.2 Å². The summed E-state index contributed by atoms with van der Waals surface area (Å²) in [7, 11) is 0. The van der Waals surface area contributed by atoms with E-state index in [0.29, 0.717) is 49.8 Å². The molecule has 1 fully saturated rings. The number of rotatable bonds is 8. The average Bonchev–Trinajstić information content (AvgIpc) is 2.95. The molecule has 1 saturated heterocycles. The van der Waals surface area contributed by atoms with Gasteiger partial charge in [-0.3, -0.25) is 4.79 Å². The summed E-state index contributed by atoms with van der Waals surface area (Å²) in [6.45, 7) is 7.92. The molecule has 2 atom stereocenters. The van der Waals surface area contributed by atoms with Crippen LogP contribution in [0.4, 0.5) is 5.69 Å². The molecule has 2 aliphatic heterocycles. The molecule has 8 nitrogen and oxygen atoms in total. The monoisotopic (exact) mass is 421 g/mol. The normalized spacial score (nSPS) is 21.9. The molecule has 3 rings (SSSR count). The van der Waals surface area contributed by atoms with E-state index in [0.717, 1.165) is 31.6 Å². The summed E-state index contributed by atoms with van der Waals surface area (Å²) in [5, 5.41) is 25.8. The van der Waals surface area contributed by atoms with E-state index in [1.807, 2.05) is 19.9 Å². The second-order valence-electron chi connectivity index (χ2n) is 8.40. The number of ether oxygens (including phenoxy) is 2. The third-order valence-corrected chi connectivity index (χ3v) is 5.51. The van der Waals surface area contributed by atoms with Crippen molar-refractivity contribution in [1.82, 2.24) is 10.2 Å². The number of benzene rings is 1. The molecule has 0 saturated carbocycles. The first-order chi connectivity index (χ1) is 14.5. The fraction of sp³-hybridized carbons (Fsp3) is 0.682. The molecule has 0 unspecified atom stereocenters. The molecule has 0 spiro atoms. The van der Waals surface area contributed by atoms with E-state index in [1.165, 1.54) is 0 Å². The Morgan fingerprint density at radius 3 is 2.83 bits per heavy atom. The van der Waals surface area contributed by atoms with E-state index < -0.39 is 6.10 Å². The van der Waals surface area contributed by atoms with Crippen molar-refractivity contribution in [2.24, 2.45) is 5.92 Å². The lowest BCUT2D eigenvalue weighted by Gasteiger charge is -2.36. The van der Waals surface area contributed by atoms with Gasteiger partial charge >= 0.3 is 0 Å². The summed E-state index contributed by atoms with van der Waals surface area (Å²) in [6, 6.07) is 3.90. The van der Waals surface area contributed by atoms with E-state index >= 15 is 0 Å². The van der Waals surface area contributed by atoms with Crippen molar-refractivity contribution in [3.05, 3.63) is 17.7 Å². The van der Waals surface area contributed by atoms with Crippen LogP contribution in [0.15, 0.2) is 12.1 Å². The molecule has 168 valence electrons. The van der Waals surface area contributed by atoms with Crippen molar-refractivity contribution in [3.63, 3.8) is 0 Å². The molecule has 1 amide bonds. The van der Waals surface area contributed by atoms with Crippen LogP contribution in [0.5, 0.6) is 11.5 Å². The molecule has 2 aliphatic rings. The van der Waals surface area contributed by atoms with Crippen molar-refractivity contribution in [3.8, 4) is 11.5 Å². The zero-order chi connectivity index (χ0) is 21.5. The van der Waals surface area contributed by atoms with E-state index in [1.54, 1.807) is 6.07 Å². The minimum Gasteiger partial charge on any atom is -0.489 e. The lowest BCUT2D eigenvalue weighted by atomic mass is 9.93. The molecular weight excluding hydrogens is 386 g/mol. The van der Waals surface area contributed by atoms with E-state index in [-0.39, 0.29) is 24.5 Å². The van der Waals surface area contributed by atoms with E-state index in [4.69, 9.17) is 14.6 Å². The lowest BCUT2D eigenvalue weighted by Crippen LogP contribution is -2.48. The number of carbonyl (C=O) groups excluding carboxylic acids is 1. The first-order valence-electron chi connectivity index (χ1n) is 11.0. The number of fused-ring (bicyclic) bond motifs is 1. The molecule has 0 aliphatic carbocycles. The smallest absolute Gasteiger partial charge is 0.255 e. The van der Waals surface area contributed by atoms with E-state index in [9.17, 15) is 9.90 Å². The molecule has 8 heteroatoms. The molecule has 1 aromatic rings. The Morgan fingerprint density at radius 2 is 2.10 bits per heavy atom. The maximum Gasteiger partial charge on any atom is 0.255 e. The second-order valence-corrected chi connectivity index (χ2v) is 8.40. The summed E-state index contributed by atoms with van der Waals surface area (Å²) in [5.74, 6) is 0.852. The molecule has 4 N–H and O–H groups in total. The Balaban J connectivity index is 1.66. The van der Waals surface area contributed by atoms with Crippen LogP contribution in [0.25, 0.3) is 0 Å². The Kier molecular flexibility index (Phi) is 8.18. The Labute approximate surface area is 178 Å². The number of piperidine rings is 1. The largest absolute Gasteiger partial charge is 0.489 e. The Morgan fingerprint density at radius 1 is 1.30 bits per heavy atom. The fourth-order valence-corrected chi connectivity index (χ4v) is 3.96. The van der Waals surface area contributed by atoms with Gasteiger partial charge in [0.1, 0.15) is 0 Å². The maximum absolute atomic E-state index is 13.0. The van der Waals surface area contributed by atoms with Crippen LogP contribution in [0.2, 0.25) is 0 Å². The fourth-order valence-electron chi connectivity index (χ4n) is 3.96. The van der Waals surface area contributed by atoms with Crippen molar-refractivity contribution in [2.75, 3.05) is 51.3 Å². The molecule has 2 heterocycles. The van der Waals surface area contributed by atoms with Gasteiger partial charge in [-0.2, -0.15) is 0 Å². The predicted octanol–water partition coefficient (Wildman–Crippen LogP) is 1.46. The Hall–Kier alpha value is -2.03. The van der Waals surface area contributed by atoms with Crippen LogP contribution in [-0.2, 0) is 0 Å². The molecule has 0 bridgehead atoms. The van der Waals surface area contributed by atoms with Crippen LogP contribution in [0, 0.1) is 5.92 Å². The molecule has 30 heavy (non-hydrogen) atoms. The number of nitrogens with one attached hydrogen (secondary N) is 2. The van der Waals surface area contributed by atoms with Crippen LogP contribution in [0.3, 0.4) is 0 Å². The summed E-state index contributed by atoms with van der Waals surface area (Å²) >= 11 is 0. The SMILES string of the molecule is CC(C)Nc1cc2c(c(C(=O)NC[C@@H]3CCN(CCCO)C[C@H]3O)c1)OCCCO2. The van der Waals surface area contributed by atoms with Gasteiger partial charge in [0.05, 0.1) is 24.9 Å². The minimum atomic E-state index is -0.497. The molecule has 0 aromatic heterocycles. The van der Waals surface area contributed by atoms with Gasteiger partial charge in [0.2, 0.25) is 0 Å². The minimum absolute atomic E-state index is 0.00655. The van der Waals surface area contributed by atoms with Gasteiger partial charge in [0, 0.05) is 56.4 Å². The van der Waals surface area contributed by atoms with Gasteiger partial charge in [0.25, 0.3) is 5.91 Å². The number of carbonyl (C=O) groups is 1. The first-order valence-corrected chi connectivity index (χ1v) is 11.0. The average molecular weight is 422 g/mol. The highest BCUT2D eigenvalue weighted by molar-refractivity contribution is 5.99. The number of likely N-dealkylation sites (tertiary alicyclic amines) is 1. The third-order valence-electron chi connectivity index (χ3n) is 5.51. The predicted molar refractivity (Wildman–Crippen MR) is 115 cm³/mol. The summed E-state index contributed by atoms with van der Waals surface area (Å²) in [5.41, 5.74) is 1.27. The van der Waals surface area contributed by atoms with Gasteiger partial charge in [-0.25, -0.2) is 0 Å². The van der Waals surface area contributed by atoms with Gasteiger partial charge < -0.3 is 35.2 Å². The molecule has 0 radical (unpaired) electrons. The molecule has 1 aromatic carbocycles. The quantitative estimate of drug-likeness (QED) is 0.504. The van der Waals surface area contributed by atoms with E-state index in [2.05, 4.69) is 15.5 Å². The van der Waals surface area contributed by atoms with Crippen molar-refractivity contribution >= 4 is 11.6 Å². The number of nitrogens with zero attached hydrogens (tertiary/aromatic N) is 1. The highest BCUT2D eigenvalue weighted by Gasteiger charge is 2.28. The number of aliphatic hydroxyl groups is 2. The number of β-amino-alcohol motifs (C(OH)–C–C–N with tert-alkyl or cyclic N) is 1. The highest BCUT2D eigenvalue weighted by Crippen LogP contribution is 2.37. The second kappa shape index (κ2) is 10.8. The summed E-state index contributed by atoms with van der Waals surface area (Å²) < 4.78 is 11.6. The number of anilines is 1. The Bertz CT molecular complexity index is 712. The maximum atomic E-state index is 13.0. The third kappa shape index (κ3) is 6.00.